The number of ether oxygens (including phenoxy) is 1. The quantitative estimate of drug-likeness (QED) is 0.772. The van der Waals surface area contributed by atoms with Gasteiger partial charge in [-0.2, -0.15) is 0 Å². The first kappa shape index (κ1) is 14.9. The lowest BCUT2D eigenvalue weighted by molar-refractivity contribution is 0.0205. The lowest BCUT2D eigenvalue weighted by atomic mass is 9.89. The molecular formula is C17H25NO2. The van der Waals surface area contributed by atoms with Gasteiger partial charge in [0.1, 0.15) is 5.60 Å². The molecule has 0 aromatic heterocycles. The molecule has 1 aliphatic rings. The number of hydrogen-bond donors (Lipinski definition) is 0. The van der Waals surface area contributed by atoms with E-state index in [-0.39, 0.29) is 6.09 Å². The third-order valence-corrected chi connectivity index (χ3v) is 3.70. The minimum atomic E-state index is -0.412. The molecule has 0 saturated carbocycles. The average Bonchev–Trinajstić information content (AvgIpc) is 2.38. The molecule has 0 unspecified atom stereocenters. The summed E-state index contributed by atoms with van der Waals surface area (Å²) in [5, 5.41) is 0. The van der Waals surface area contributed by atoms with Crippen LogP contribution in [0.25, 0.3) is 0 Å². The molecule has 2 rings (SSSR count). The van der Waals surface area contributed by atoms with Crippen LogP contribution in [-0.4, -0.2) is 29.7 Å². The highest BCUT2D eigenvalue weighted by Crippen LogP contribution is 2.28. The highest BCUT2D eigenvalue weighted by atomic mass is 16.6. The van der Waals surface area contributed by atoms with E-state index in [0.29, 0.717) is 5.92 Å². The average molecular weight is 275 g/mol. The van der Waals surface area contributed by atoms with Crippen LogP contribution in [0.2, 0.25) is 0 Å². The first-order valence-electron chi connectivity index (χ1n) is 7.39. The Morgan fingerprint density at radius 3 is 2.20 bits per heavy atom. The first-order chi connectivity index (χ1) is 9.35. The fourth-order valence-corrected chi connectivity index (χ4v) is 2.56. The number of nitrogens with zero attached hydrogens (tertiary/aromatic N) is 1. The molecule has 1 aromatic rings. The van der Waals surface area contributed by atoms with Gasteiger partial charge in [0.15, 0.2) is 0 Å². The van der Waals surface area contributed by atoms with E-state index in [1.54, 1.807) is 0 Å². The molecule has 0 N–H and O–H groups in total. The van der Waals surface area contributed by atoms with Crippen LogP contribution in [0.3, 0.4) is 0 Å². The molecule has 3 nitrogen and oxygen atoms in total. The van der Waals surface area contributed by atoms with Gasteiger partial charge in [-0.05, 0) is 52.0 Å². The van der Waals surface area contributed by atoms with Crippen molar-refractivity contribution in [1.82, 2.24) is 4.90 Å². The summed E-state index contributed by atoms with van der Waals surface area (Å²) in [7, 11) is 0. The van der Waals surface area contributed by atoms with Gasteiger partial charge in [0.05, 0.1) is 0 Å². The van der Waals surface area contributed by atoms with Crippen LogP contribution in [0.1, 0.15) is 50.7 Å². The number of carbonyl (C=O) groups excluding carboxylic acids is 1. The van der Waals surface area contributed by atoms with E-state index in [1.807, 2.05) is 25.7 Å². The second-order valence-corrected chi connectivity index (χ2v) is 6.65. The smallest absolute Gasteiger partial charge is 0.410 e. The maximum absolute atomic E-state index is 12.0. The van der Waals surface area contributed by atoms with Crippen molar-refractivity contribution in [1.29, 1.82) is 0 Å². The Morgan fingerprint density at radius 2 is 1.70 bits per heavy atom. The van der Waals surface area contributed by atoms with Crippen LogP contribution in [0.5, 0.6) is 0 Å². The number of rotatable bonds is 1. The largest absolute Gasteiger partial charge is 0.444 e. The van der Waals surface area contributed by atoms with Crippen LogP contribution >= 0.6 is 0 Å². The Hall–Kier alpha value is -1.51. The molecule has 3 heteroatoms. The number of aryl methyl sites for hydroxylation is 1. The number of amides is 1. The zero-order valence-electron chi connectivity index (χ0n) is 13.0. The normalized spacial score (nSPS) is 17.1. The van der Waals surface area contributed by atoms with Crippen LogP contribution < -0.4 is 0 Å². The summed E-state index contributed by atoms with van der Waals surface area (Å²) in [6.07, 6.45) is 1.85. The first-order valence-corrected chi connectivity index (χ1v) is 7.39. The van der Waals surface area contributed by atoms with Crippen molar-refractivity contribution < 1.29 is 9.53 Å². The van der Waals surface area contributed by atoms with Crippen molar-refractivity contribution in [2.45, 2.75) is 52.1 Å². The van der Waals surface area contributed by atoms with E-state index in [9.17, 15) is 4.79 Å². The predicted octanol–water partition coefficient (Wildman–Crippen LogP) is 4.11. The Balaban J connectivity index is 1.89. The van der Waals surface area contributed by atoms with Crippen molar-refractivity contribution in [3.63, 3.8) is 0 Å². The van der Waals surface area contributed by atoms with E-state index in [0.717, 1.165) is 25.9 Å². The molecule has 0 aliphatic carbocycles. The van der Waals surface area contributed by atoms with Gasteiger partial charge in [-0.25, -0.2) is 4.79 Å². The minimum Gasteiger partial charge on any atom is -0.444 e. The SMILES string of the molecule is Cc1ccc(C2CCN(C(=O)OC(C)(C)C)CC2)cc1. The molecule has 20 heavy (non-hydrogen) atoms. The molecule has 1 amide bonds. The van der Waals surface area contributed by atoms with Gasteiger partial charge in [0, 0.05) is 13.1 Å². The zero-order valence-corrected chi connectivity index (χ0v) is 13.0. The predicted molar refractivity (Wildman–Crippen MR) is 81.0 cm³/mol. The summed E-state index contributed by atoms with van der Waals surface area (Å²) < 4.78 is 5.42. The van der Waals surface area contributed by atoms with Gasteiger partial charge >= 0.3 is 6.09 Å². The Morgan fingerprint density at radius 1 is 1.15 bits per heavy atom. The third kappa shape index (κ3) is 3.99. The summed E-state index contributed by atoms with van der Waals surface area (Å²) in [6, 6.07) is 8.75. The van der Waals surface area contributed by atoms with E-state index in [4.69, 9.17) is 4.74 Å². The molecule has 0 spiro atoms. The maximum Gasteiger partial charge on any atom is 0.410 e. The fourth-order valence-electron chi connectivity index (χ4n) is 2.56. The summed E-state index contributed by atoms with van der Waals surface area (Å²) >= 11 is 0. The monoisotopic (exact) mass is 275 g/mol. The van der Waals surface area contributed by atoms with Crippen molar-refractivity contribution in [2.24, 2.45) is 0 Å². The highest BCUT2D eigenvalue weighted by Gasteiger charge is 2.27. The molecule has 0 radical (unpaired) electrons. The number of hydrogen-bond acceptors (Lipinski definition) is 2. The van der Waals surface area contributed by atoms with E-state index in [1.165, 1.54) is 11.1 Å². The second kappa shape index (κ2) is 5.86. The lowest BCUT2D eigenvalue weighted by Gasteiger charge is -2.33. The maximum atomic E-state index is 12.0. The van der Waals surface area contributed by atoms with Crippen LogP contribution in [0, 0.1) is 6.92 Å². The number of piperidine rings is 1. The van der Waals surface area contributed by atoms with E-state index < -0.39 is 5.60 Å². The standard InChI is InChI=1S/C17H25NO2/c1-13-5-7-14(8-6-13)15-9-11-18(12-10-15)16(19)20-17(2,3)4/h5-8,15H,9-12H2,1-4H3. The summed E-state index contributed by atoms with van der Waals surface area (Å²) in [4.78, 5) is 13.8. The molecule has 1 heterocycles. The van der Waals surface area contributed by atoms with Crippen LogP contribution in [0.15, 0.2) is 24.3 Å². The summed E-state index contributed by atoms with van der Waals surface area (Å²) in [5.74, 6) is 0.564. The molecule has 1 aromatic carbocycles. The topological polar surface area (TPSA) is 29.5 Å². The van der Waals surface area contributed by atoms with Gasteiger partial charge in [-0.1, -0.05) is 29.8 Å². The van der Waals surface area contributed by atoms with Gasteiger partial charge in [0.2, 0.25) is 0 Å². The fraction of sp³-hybridized carbons (Fsp3) is 0.588. The summed E-state index contributed by atoms with van der Waals surface area (Å²) in [5.41, 5.74) is 2.27. The Kier molecular flexibility index (Phi) is 4.36. The van der Waals surface area contributed by atoms with E-state index in [2.05, 4.69) is 31.2 Å². The van der Waals surface area contributed by atoms with Gasteiger partial charge in [-0.15, -0.1) is 0 Å². The molecule has 0 bridgehead atoms. The van der Waals surface area contributed by atoms with E-state index >= 15 is 0 Å². The van der Waals surface area contributed by atoms with Gasteiger partial charge in [-0.3, -0.25) is 0 Å². The van der Waals surface area contributed by atoms with Crippen molar-refractivity contribution in [3.05, 3.63) is 35.4 Å². The Bertz CT molecular complexity index is 451. The highest BCUT2D eigenvalue weighted by molar-refractivity contribution is 5.68. The number of carbonyl (C=O) groups is 1. The van der Waals surface area contributed by atoms with Crippen LogP contribution in [0.4, 0.5) is 4.79 Å². The molecule has 1 fully saturated rings. The second-order valence-electron chi connectivity index (χ2n) is 6.65. The molecule has 0 atom stereocenters. The molecule has 1 saturated heterocycles. The van der Waals surface area contributed by atoms with Gasteiger partial charge in [0.25, 0.3) is 0 Å². The minimum absolute atomic E-state index is 0.181. The number of likely N-dealkylation sites (tertiary alicyclic amines) is 1. The van der Waals surface area contributed by atoms with Crippen molar-refractivity contribution in [2.75, 3.05) is 13.1 Å². The van der Waals surface area contributed by atoms with Crippen molar-refractivity contribution >= 4 is 6.09 Å². The Labute approximate surface area is 121 Å². The lowest BCUT2D eigenvalue weighted by Crippen LogP contribution is -2.41. The molecule has 1 aliphatic heterocycles. The third-order valence-electron chi connectivity index (χ3n) is 3.70. The van der Waals surface area contributed by atoms with Crippen molar-refractivity contribution in [3.8, 4) is 0 Å². The summed E-state index contributed by atoms with van der Waals surface area (Å²) in [6.45, 7) is 9.40. The molecule has 110 valence electrons. The number of benzene rings is 1. The zero-order chi connectivity index (χ0) is 14.8. The van der Waals surface area contributed by atoms with Crippen LogP contribution in [-0.2, 0) is 4.74 Å². The van der Waals surface area contributed by atoms with Gasteiger partial charge < -0.3 is 9.64 Å². The molecular weight excluding hydrogens is 250 g/mol.